The lowest BCUT2D eigenvalue weighted by Crippen LogP contribution is -2.07. The van der Waals surface area contributed by atoms with Crippen LogP contribution < -0.4 is 4.74 Å². The third kappa shape index (κ3) is 5.12. The lowest BCUT2D eigenvalue weighted by atomic mass is 10.1. The minimum Gasteiger partial charge on any atom is -0.489 e. The standard InChI is InChI=1S/C11H17NO2.C2H6/c1-9(2)11-10(5-4-6-12-11)14-8-7-13-3;1-2/h4-6,9H,7-8H2,1-3H3;1-2H3. The fourth-order valence-electron chi connectivity index (χ4n) is 1.19. The molecule has 0 N–H and O–H groups in total. The Morgan fingerprint density at radius 2 is 1.94 bits per heavy atom. The zero-order chi connectivity index (χ0) is 12.4. The van der Waals surface area contributed by atoms with Gasteiger partial charge >= 0.3 is 0 Å². The molecule has 0 amide bonds. The Bertz CT molecular complexity index is 274. The zero-order valence-electron chi connectivity index (χ0n) is 11.0. The number of methoxy groups -OCH3 is 1. The van der Waals surface area contributed by atoms with Gasteiger partial charge in [-0.1, -0.05) is 27.7 Å². The Hall–Kier alpha value is -1.09. The predicted molar refractivity (Wildman–Crippen MR) is 67.0 cm³/mol. The van der Waals surface area contributed by atoms with Gasteiger partial charge in [0.05, 0.1) is 12.3 Å². The molecule has 16 heavy (non-hydrogen) atoms. The van der Waals surface area contributed by atoms with Crippen LogP contribution in [0, 0.1) is 0 Å². The van der Waals surface area contributed by atoms with E-state index in [-0.39, 0.29) is 0 Å². The summed E-state index contributed by atoms with van der Waals surface area (Å²) in [6, 6.07) is 3.83. The second-order valence-electron chi connectivity index (χ2n) is 3.38. The molecule has 1 aromatic rings. The van der Waals surface area contributed by atoms with Gasteiger partial charge in [0.15, 0.2) is 0 Å². The van der Waals surface area contributed by atoms with Crippen LogP contribution in [0.15, 0.2) is 18.3 Å². The van der Waals surface area contributed by atoms with Crippen LogP contribution in [0.4, 0.5) is 0 Å². The van der Waals surface area contributed by atoms with Gasteiger partial charge in [-0.2, -0.15) is 0 Å². The van der Waals surface area contributed by atoms with Gasteiger partial charge in [0.1, 0.15) is 12.4 Å². The van der Waals surface area contributed by atoms with Crippen molar-refractivity contribution in [2.75, 3.05) is 20.3 Å². The molecule has 0 aliphatic carbocycles. The van der Waals surface area contributed by atoms with Gasteiger partial charge < -0.3 is 9.47 Å². The van der Waals surface area contributed by atoms with Crippen molar-refractivity contribution in [1.82, 2.24) is 4.98 Å². The SMILES string of the molecule is CC.COCCOc1cccnc1C(C)C. The van der Waals surface area contributed by atoms with Gasteiger partial charge in [0, 0.05) is 13.3 Å². The molecule has 0 atom stereocenters. The summed E-state index contributed by atoms with van der Waals surface area (Å²) in [6.07, 6.45) is 1.79. The first-order valence-electron chi connectivity index (χ1n) is 5.82. The molecule has 0 radical (unpaired) electrons. The van der Waals surface area contributed by atoms with Crippen LogP contribution in [0.1, 0.15) is 39.3 Å². The first-order chi connectivity index (χ1) is 7.75. The Balaban J connectivity index is 0.00000106. The molecule has 0 spiro atoms. The fourth-order valence-corrected chi connectivity index (χ4v) is 1.19. The van der Waals surface area contributed by atoms with Crippen LogP contribution in [0.25, 0.3) is 0 Å². The van der Waals surface area contributed by atoms with Gasteiger partial charge in [-0.3, -0.25) is 4.98 Å². The molecule has 0 aromatic carbocycles. The summed E-state index contributed by atoms with van der Waals surface area (Å²) < 4.78 is 10.5. The van der Waals surface area contributed by atoms with Gasteiger partial charge in [0.25, 0.3) is 0 Å². The topological polar surface area (TPSA) is 31.4 Å². The minimum absolute atomic E-state index is 0.383. The van der Waals surface area contributed by atoms with Crippen LogP contribution >= 0.6 is 0 Å². The summed E-state index contributed by atoms with van der Waals surface area (Å²) in [6.45, 7) is 9.38. The Morgan fingerprint density at radius 3 is 2.50 bits per heavy atom. The maximum atomic E-state index is 5.55. The molecule has 0 unspecified atom stereocenters. The van der Waals surface area contributed by atoms with E-state index in [9.17, 15) is 0 Å². The highest BCUT2D eigenvalue weighted by Crippen LogP contribution is 2.23. The second-order valence-corrected chi connectivity index (χ2v) is 3.38. The van der Waals surface area contributed by atoms with Crippen molar-refractivity contribution in [2.45, 2.75) is 33.6 Å². The quantitative estimate of drug-likeness (QED) is 0.721. The lowest BCUT2D eigenvalue weighted by Gasteiger charge is -2.11. The van der Waals surface area contributed by atoms with E-state index in [4.69, 9.17) is 9.47 Å². The fraction of sp³-hybridized carbons (Fsp3) is 0.615. The smallest absolute Gasteiger partial charge is 0.141 e. The summed E-state index contributed by atoms with van der Waals surface area (Å²) in [5.41, 5.74) is 1.00. The summed E-state index contributed by atoms with van der Waals surface area (Å²) in [7, 11) is 1.66. The largest absolute Gasteiger partial charge is 0.489 e. The average Bonchev–Trinajstić information content (AvgIpc) is 2.32. The summed E-state index contributed by atoms with van der Waals surface area (Å²) in [5, 5.41) is 0. The molecular formula is C13H23NO2. The number of ether oxygens (including phenoxy) is 2. The molecule has 0 fully saturated rings. The van der Waals surface area contributed by atoms with E-state index in [1.807, 2.05) is 26.0 Å². The molecule has 0 saturated heterocycles. The number of hydrogen-bond acceptors (Lipinski definition) is 3. The lowest BCUT2D eigenvalue weighted by molar-refractivity contribution is 0.145. The van der Waals surface area contributed by atoms with E-state index in [1.54, 1.807) is 13.3 Å². The van der Waals surface area contributed by atoms with Crippen molar-refractivity contribution in [1.29, 1.82) is 0 Å². The number of nitrogens with zero attached hydrogens (tertiary/aromatic N) is 1. The normalized spacial score (nSPS) is 9.62. The molecular weight excluding hydrogens is 202 g/mol. The van der Waals surface area contributed by atoms with Crippen molar-refractivity contribution < 1.29 is 9.47 Å². The molecule has 1 aromatic heterocycles. The average molecular weight is 225 g/mol. The Labute approximate surface area is 98.8 Å². The number of pyridine rings is 1. The third-order valence-electron chi connectivity index (χ3n) is 1.89. The van der Waals surface area contributed by atoms with E-state index in [0.717, 1.165) is 11.4 Å². The summed E-state index contributed by atoms with van der Waals surface area (Å²) in [4.78, 5) is 4.29. The van der Waals surface area contributed by atoms with Gasteiger partial charge in [-0.15, -0.1) is 0 Å². The Morgan fingerprint density at radius 1 is 1.25 bits per heavy atom. The van der Waals surface area contributed by atoms with Crippen molar-refractivity contribution in [3.63, 3.8) is 0 Å². The first kappa shape index (κ1) is 14.9. The Kier molecular flexibility index (Phi) is 8.53. The van der Waals surface area contributed by atoms with Crippen molar-refractivity contribution >= 4 is 0 Å². The highest BCUT2D eigenvalue weighted by atomic mass is 16.5. The monoisotopic (exact) mass is 225 g/mol. The van der Waals surface area contributed by atoms with E-state index in [0.29, 0.717) is 19.1 Å². The van der Waals surface area contributed by atoms with E-state index < -0.39 is 0 Å². The minimum atomic E-state index is 0.383. The van der Waals surface area contributed by atoms with Crippen molar-refractivity contribution in [3.8, 4) is 5.75 Å². The van der Waals surface area contributed by atoms with Crippen LogP contribution in [-0.2, 0) is 4.74 Å². The van der Waals surface area contributed by atoms with Crippen molar-refractivity contribution in [3.05, 3.63) is 24.0 Å². The maximum absolute atomic E-state index is 5.55. The predicted octanol–water partition coefficient (Wildman–Crippen LogP) is 3.26. The number of aromatic nitrogens is 1. The molecule has 3 heteroatoms. The van der Waals surface area contributed by atoms with Gasteiger partial charge in [-0.25, -0.2) is 0 Å². The molecule has 92 valence electrons. The molecule has 0 bridgehead atoms. The third-order valence-corrected chi connectivity index (χ3v) is 1.89. The second kappa shape index (κ2) is 9.16. The van der Waals surface area contributed by atoms with Crippen LogP contribution in [0.2, 0.25) is 0 Å². The highest BCUT2D eigenvalue weighted by molar-refractivity contribution is 5.29. The van der Waals surface area contributed by atoms with Gasteiger partial charge in [0.2, 0.25) is 0 Å². The van der Waals surface area contributed by atoms with Crippen LogP contribution in [0.5, 0.6) is 5.75 Å². The maximum Gasteiger partial charge on any atom is 0.141 e. The molecule has 3 nitrogen and oxygen atoms in total. The molecule has 0 saturated carbocycles. The number of rotatable bonds is 5. The molecule has 0 aliphatic heterocycles. The van der Waals surface area contributed by atoms with E-state index in [2.05, 4.69) is 18.8 Å². The highest BCUT2D eigenvalue weighted by Gasteiger charge is 2.07. The number of hydrogen-bond donors (Lipinski definition) is 0. The zero-order valence-corrected chi connectivity index (χ0v) is 11.0. The summed E-state index contributed by atoms with van der Waals surface area (Å²) in [5.74, 6) is 1.24. The van der Waals surface area contributed by atoms with Crippen LogP contribution in [0.3, 0.4) is 0 Å². The van der Waals surface area contributed by atoms with Crippen LogP contribution in [-0.4, -0.2) is 25.3 Å². The molecule has 1 heterocycles. The molecule has 1 rings (SSSR count). The van der Waals surface area contributed by atoms with Crippen molar-refractivity contribution in [2.24, 2.45) is 0 Å². The van der Waals surface area contributed by atoms with E-state index in [1.165, 1.54) is 0 Å². The molecule has 0 aliphatic rings. The van der Waals surface area contributed by atoms with E-state index >= 15 is 0 Å². The first-order valence-corrected chi connectivity index (χ1v) is 5.82. The summed E-state index contributed by atoms with van der Waals surface area (Å²) >= 11 is 0. The van der Waals surface area contributed by atoms with Gasteiger partial charge in [-0.05, 0) is 18.1 Å².